The third-order valence-corrected chi connectivity index (χ3v) is 5.52. The van der Waals surface area contributed by atoms with E-state index < -0.39 is 22.0 Å². The first-order valence-corrected chi connectivity index (χ1v) is 11.1. The molecule has 1 atom stereocenters. The fourth-order valence-electron chi connectivity index (χ4n) is 3.05. The van der Waals surface area contributed by atoms with Gasteiger partial charge < -0.3 is 19.5 Å². The Morgan fingerprint density at radius 1 is 1.17 bits per heavy atom. The summed E-state index contributed by atoms with van der Waals surface area (Å²) < 4.78 is 42.5. The van der Waals surface area contributed by atoms with Gasteiger partial charge in [0.25, 0.3) is 0 Å². The van der Waals surface area contributed by atoms with Crippen molar-refractivity contribution in [1.29, 1.82) is 0 Å². The van der Waals surface area contributed by atoms with Crippen LogP contribution in [-0.4, -0.2) is 46.4 Å². The smallest absolute Gasteiger partial charge is 0.247 e. The van der Waals surface area contributed by atoms with Crippen LogP contribution in [0.4, 0.5) is 11.4 Å². The largest absolute Gasteiger partial charge is 0.494 e. The molecular weight excluding hydrogens is 396 g/mol. The average Bonchev–Trinajstić information content (AvgIpc) is 2.67. The highest BCUT2D eigenvalue weighted by Gasteiger charge is 2.30. The second-order valence-electron chi connectivity index (χ2n) is 6.51. The summed E-state index contributed by atoms with van der Waals surface area (Å²) in [6.45, 7) is 4.70. The molecule has 1 amide bonds. The quantitative estimate of drug-likeness (QED) is 0.740. The van der Waals surface area contributed by atoms with Gasteiger partial charge in [-0.15, -0.1) is 0 Å². The van der Waals surface area contributed by atoms with Crippen LogP contribution in [0.1, 0.15) is 13.8 Å². The van der Waals surface area contributed by atoms with Gasteiger partial charge >= 0.3 is 0 Å². The number of nitrogens with one attached hydrogen (secondary N) is 1. The lowest BCUT2D eigenvalue weighted by molar-refractivity contribution is -0.116. The third-order valence-electron chi connectivity index (χ3n) is 4.28. The lowest BCUT2D eigenvalue weighted by Crippen LogP contribution is -2.45. The molecule has 0 saturated heterocycles. The van der Waals surface area contributed by atoms with Crippen molar-refractivity contribution >= 4 is 27.3 Å². The van der Waals surface area contributed by atoms with E-state index in [-0.39, 0.29) is 0 Å². The molecule has 3 rings (SSSR count). The molecule has 1 aliphatic heterocycles. The molecule has 0 bridgehead atoms. The molecule has 1 N–H and O–H groups in total. The fraction of sp³-hybridized carbons (Fsp3) is 0.350. The molecule has 29 heavy (non-hydrogen) atoms. The molecule has 1 heterocycles. The molecule has 1 aliphatic rings. The number of anilines is 2. The van der Waals surface area contributed by atoms with Gasteiger partial charge in [-0.3, -0.25) is 9.10 Å². The highest BCUT2D eigenvalue weighted by atomic mass is 32.2. The van der Waals surface area contributed by atoms with E-state index in [1.807, 2.05) is 6.92 Å². The fourth-order valence-corrected chi connectivity index (χ4v) is 4.22. The van der Waals surface area contributed by atoms with Crippen molar-refractivity contribution in [1.82, 2.24) is 0 Å². The Labute approximate surface area is 170 Å². The van der Waals surface area contributed by atoms with Gasteiger partial charge in [0, 0.05) is 17.8 Å². The Morgan fingerprint density at radius 2 is 1.90 bits per heavy atom. The minimum Gasteiger partial charge on any atom is -0.494 e. The second kappa shape index (κ2) is 8.60. The van der Waals surface area contributed by atoms with E-state index in [2.05, 4.69) is 5.32 Å². The molecule has 156 valence electrons. The molecule has 9 heteroatoms. The number of nitrogens with zero attached hydrogens (tertiary/aromatic N) is 1. The highest BCUT2D eigenvalue weighted by molar-refractivity contribution is 7.92. The number of ether oxygens (including phenoxy) is 3. The van der Waals surface area contributed by atoms with Crippen LogP contribution in [0.15, 0.2) is 42.5 Å². The zero-order valence-electron chi connectivity index (χ0n) is 16.5. The number of hydrogen-bond donors (Lipinski definition) is 1. The van der Waals surface area contributed by atoms with E-state index in [1.165, 1.54) is 6.92 Å². The van der Waals surface area contributed by atoms with E-state index >= 15 is 0 Å². The number of carbonyl (C=O) groups excluding carboxylic acids is 1. The van der Waals surface area contributed by atoms with Crippen molar-refractivity contribution in [2.45, 2.75) is 19.9 Å². The predicted octanol–water partition coefficient (Wildman–Crippen LogP) is 2.65. The van der Waals surface area contributed by atoms with Crippen molar-refractivity contribution < 1.29 is 27.4 Å². The lowest BCUT2D eigenvalue weighted by Gasteiger charge is -2.29. The molecule has 2 aromatic rings. The molecule has 0 saturated carbocycles. The van der Waals surface area contributed by atoms with Gasteiger partial charge in [0.15, 0.2) is 11.5 Å². The molecule has 0 aliphatic carbocycles. The Morgan fingerprint density at radius 3 is 2.59 bits per heavy atom. The van der Waals surface area contributed by atoms with Crippen molar-refractivity contribution in [3.05, 3.63) is 42.5 Å². The Bertz CT molecular complexity index is 992. The number of sulfonamides is 1. The minimum absolute atomic E-state index is 0.322. The molecular formula is C20H24N2O6S. The first-order valence-electron chi connectivity index (χ1n) is 9.22. The molecule has 0 aromatic heterocycles. The number of hydrogen-bond acceptors (Lipinski definition) is 6. The Kier molecular flexibility index (Phi) is 6.17. The number of rotatable bonds is 7. The van der Waals surface area contributed by atoms with Crippen LogP contribution in [0.3, 0.4) is 0 Å². The highest BCUT2D eigenvalue weighted by Crippen LogP contribution is 2.35. The summed E-state index contributed by atoms with van der Waals surface area (Å²) in [5, 5.41) is 2.74. The van der Waals surface area contributed by atoms with Crippen molar-refractivity contribution in [3.63, 3.8) is 0 Å². The van der Waals surface area contributed by atoms with Gasteiger partial charge in [0.1, 0.15) is 25.0 Å². The maximum atomic E-state index is 12.8. The number of fused-ring (bicyclic) bond motifs is 1. The van der Waals surface area contributed by atoms with Gasteiger partial charge in [-0.1, -0.05) is 6.07 Å². The first kappa shape index (κ1) is 20.8. The summed E-state index contributed by atoms with van der Waals surface area (Å²) >= 11 is 0. The van der Waals surface area contributed by atoms with E-state index in [0.29, 0.717) is 48.4 Å². The normalized spacial score (nSPS) is 14.0. The van der Waals surface area contributed by atoms with Crippen molar-refractivity contribution in [2.75, 3.05) is 35.7 Å². The van der Waals surface area contributed by atoms with Crippen LogP contribution in [-0.2, 0) is 14.8 Å². The Hall–Kier alpha value is -2.94. The summed E-state index contributed by atoms with van der Waals surface area (Å²) in [6.07, 6.45) is 1.06. The number of amides is 1. The van der Waals surface area contributed by atoms with E-state index in [4.69, 9.17) is 14.2 Å². The summed E-state index contributed by atoms with van der Waals surface area (Å²) in [7, 11) is -3.75. The van der Waals surface area contributed by atoms with E-state index in [1.54, 1.807) is 42.5 Å². The standard InChI is InChI=1S/C20H24N2O6S/c1-4-26-17-7-5-6-15(12-17)21-20(23)14(2)22(29(3,24)25)16-8-9-18-19(13-16)28-11-10-27-18/h5-9,12-14H,4,10-11H2,1-3H3,(H,21,23)/t14-/m0/s1. The predicted molar refractivity (Wildman–Crippen MR) is 110 cm³/mol. The third kappa shape index (κ3) is 4.92. The number of benzene rings is 2. The molecule has 0 spiro atoms. The first-order chi connectivity index (χ1) is 13.8. The van der Waals surface area contributed by atoms with Crippen LogP contribution in [0.2, 0.25) is 0 Å². The second-order valence-corrected chi connectivity index (χ2v) is 8.37. The van der Waals surface area contributed by atoms with Crippen molar-refractivity contribution in [2.24, 2.45) is 0 Å². The van der Waals surface area contributed by atoms with Crippen LogP contribution >= 0.6 is 0 Å². The van der Waals surface area contributed by atoms with Crippen LogP contribution in [0.5, 0.6) is 17.2 Å². The van der Waals surface area contributed by atoms with Gasteiger partial charge in [0.05, 0.1) is 18.6 Å². The van der Waals surface area contributed by atoms with Gasteiger partial charge in [-0.2, -0.15) is 0 Å². The molecule has 2 aromatic carbocycles. The van der Waals surface area contributed by atoms with E-state index in [0.717, 1.165) is 10.6 Å². The van der Waals surface area contributed by atoms with Gasteiger partial charge in [-0.25, -0.2) is 8.42 Å². The Balaban J connectivity index is 1.85. The van der Waals surface area contributed by atoms with Crippen LogP contribution in [0.25, 0.3) is 0 Å². The topological polar surface area (TPSA) is 94.2 Å². The zero-order valence-corrected chi connectivity index (χ0v) is 17.4. The molecule has 0 fully saturated rings. The summed E-state index contributed by atoms with van der Waals surface area (Å²) in [5.41, 5.74) is 0.839. The SMILES string of the molecule is CCOc1cccc(NC(=O)[C@H](C)N(c2ccc3c(c2)OCCO3)S(C)(=O)=O)c1. The molecule has 0 unspecified atom stereocenters. The monoisotopic (exact) mass is 420 g/mol. The minimum atomic E-state index is -3.75. The van der Waals surface area contributed by atoms with E-state index in [9.17, 15) is 13.2 Å². The van der Waals surface area contributed by atoms with Crippen LogP contribution < -0.4 is 23.8 Å². The summed E-state index contributed by atoms with van der Waals surface area (Å²) in [4.78, 5) is 12.8. The zero-order chi connectivity index (χ0) is 21.0. The molecule has 8 nitrogen and oxygen atoms in total. The lowest BCUT2D eigenvalue weighted by atomic mass is 10.2. The maximum Gasteiger partial charge on any atom is 0.247 e. The average molecular weight is 420 g/mol. The summed E-state index contributed by atoms with van der Waals surface area (Å²) in [5.74, 6) is 1.13. The maximum absolute atomic E-state index is 12.8. The summed E-state index contributed by atoms with van der Waals surface area (Å²) in [6, 6.07) is 10.7. The van der Waals surface area contributed by atoms with Gasteiger partial charge in [-0.05, 0) is 38.1 Å². The van der Waals surface area contributed by atoms with Gasteiger partial charge in [0.2, 0.25) is 15.9 Å². The molecule has 0 radical (unpaired) electrons. The van der Waals surface area contributed by atoms with Crippen LogP contribution in [0, 0.1) is 0 Å². The van der Waals surface area contributed by atoms with Crippen molar-refractivity contribution in [3.8, 4) is 17.2 Å². The number of carbonyl (C=O) groups is 1.